The van der Waals surface area contributed by atoms with Gasteiger partial charge in [0, 0.05) is 25.4 Å². The number of benzene rings is 1. The molecule has 0 aliphatic carbocycles. The molecule has 1 aromatic heterocycles. The third-order valence-electron chi connectivity index (χ3n) is 6.59. The molecule has 228 valence electrons. The molecule has 0 saturated carbocycles. The molecule has 0 radical (unpaired) electrons. The first-order valence-corrected chi connectivity index (χ1v) is 14.2. The Bertz CT molecular complexity index is 1180. The van der Waals surface area contributed by atoms with Gasteiger partial charge in [-0.05, 0) is 36.3 Å². The smallest absolute Gasteiger partial charge is 0.414 e. The molecule has 2 unspecified atom stereocenters. The molecular formula is C30H41N5O7. The Labute approximate surface area is 246 Å². The molecule has 3 rings (SSSR count). The number of nitrogens with one attached hydrogen (secondary N) is 3. The highest BCUT2D eigenvalue weighted by molar-refractivity contribution is 5.87. The lowest BCUT2D eigenvalue weighted by atomic mass is 10.0. The van der Waals surface area contributed by atoms with Crippen LogP contribution < -0.4 is 20.7 Å². The summed E-state index contributed by atoms with van der Waals surface area (Å²) in [7, 11) is 0. The molecule has 4 amide bonds. The van der Waals surface area contributed by atoms with Crippen molar-refractivity contribution in [3.8, 4) is 5.88 Å². The standard InChI is InChI=1S/C30H41N5O7/c1-19(2)14-22(33-29(39)41-18-21-10-6-5-7-11-21)27(37)32-24-16-35(17-25(24)36)28(38)23(15-20(3)4)34-30(40)42-26-12-8-9-13-31-26/h5-13,19-20,22-25,36H,14-18H2,1-4H3,(H,32,37)(H,33,39)(H,34,40)/t22-,23-,24?,25?/m0/s1. The number of β-amino-alcohol motifs (C(OH)–C–C–N with tert-alkyl or cyclic N) is 1. The zero-order valence-electron chi connectivity index (χ0n) is 24.5. The Morgan fingerprint density at radius 2 is 1.55 bits per heavy atom. The van der Waals surface area contributed by atoms with Gasteiger partial charge >= 0.3 is 12.2 Å². The van der Waals surface area contributed by atoms with E-state index >= 15 is 0 Å². The number of ether oxygens (including phenoxy) is 2. The van der Waals surface area contributed by atoms with E-state index in [0.717, 1.165) is 5.56 Å². The monoisotopic (exact) mass is 583 g/mol. The fraction of sp³-hybridized carbons (Fsp3) is 0.500. The van der Waals surface area contributed by atoms with Crippen molar-refractivity contribution < 1.29 is 33.8 Å². The van der Waals surface area contributed by atoms with Gasteiger partial charge < -0.3 is 35.4 Å². The SMILES string of the molecule is CC(C)C[C@H](NC(=O)OCc1ccccc1)C(=O)NC1CN(C(=O)[C@H](CC(C)C)NC(=O)Oc2ccccn2)CC1O. The minimum atomic E-state index is -1.04. The number of alkyl carbamates (subject to hydrolysis) is 1. The second kappa shape index (κ2) is 15.7. The maximum Gasteiger partial charge on any atom is 0.414 e. The Kier molecular flexibility index (Phi) is 12.1. The van der Waals surface area contributed by atoms with E-state index in [1.807, 2.05) is 58.0 Å². The van der Waals surface area contributed by atoms with Crippen molar-refractivity contribution in [3.63, 3.8) is 0 Å². The summed E-state index contributed by atoms with van der Waals surface area (Å²) in [4.78, 5) is 56.9. The molecule has 0 bridgehead atoms. The van der Waals surface area contributed by atoms with Crippen molar-refractivity contribution in [1.82, 2.24) is 25.8 Å². The lowest BCUT2D eigenvalue weighted by Gasteiger charge is -2.25. The third kappa shape index (κ3) is 10.3. The second-order valence-corrected chi connectivity index (χ2v) is 11.2. The number of hydrogen-bond acceptors (Lipinski definition) is 8. The van der Waals surface area contributed by atoms with Gasteiger partial charge in [-0.2, -0.15) is 0 Å². The first-order chi connectivity index (χ1) is 20.0. The predicted molar refractivity (Wildman–Crippen MR) is 154 cm³/mol. The quantitative estimate of drug-likeness (QED) is 0.297. The molecule has 1 aliphatic heterocycles. The molecule has 1 saturated heterocycles. The number of carbonyl (C=O) groups excluding carboxylic acids is 4. The van der Waals surface area contributed by atoms with E-state index in [-0.39, 0.29) is 37.4 Å². The van der Waals surface area contributed by atoms with Gasteiger partial charge in [0.25, 0.3) is 0 Å². The van der Waals surface area contributed by atoms with E-state index in [1.54, 1.807) is 12.1 Å². The highest BCUT2D eigenvalue weighted by Gasteiger charge is 2.39. The minimum absolute atomic E-state index is 0.0310. The Morgan fingerprint density at radius 3 is 2.19 bits per heavy atom. The number of aromatic nitrogens is 1. The molecule has 2 aromatic rings. The van der Waals surface area contributed by atoms with Crippen molar-refractivity contribution >= 4 is 24.0 Å². The molecule has 1 fully saturated rings. The van der Waals surface area contributed by atoms with Crippen molar-refractivity contribution in [1.29, 1.82) is 0 Å². The van der Waals surface area contributed by atoms with E-state index in [2.05, 4.69) is 20.9 Å². The van der Waals surface area contributed by atoms with Gasteiger partial charge in [-0.1, -0.05) is 64.1 Å². The number of aliphatic hydroxyl groups is 1. The number of nitrogens with zero attached hydrogens (tertiary/aromatic N) is 2. The predicted octanol–water partition coefficient (Wildman–Crippen LogP) is 2.61. The highest BCUT2D eigenvalue weighted by atomic mass is 16.6. The number of amides is 4. The van der Waals surface area contributed by atoms with Crippen LogP contribution in [0.3, 0.4) is 0 Å². The van der Waals surface area contributed by atoms with Gasteiger partial charge in [0.15, 0.2) is 0 Å². The average molecular weight is 584 g/mol. The largest absolute Gasteiger partial charge is 0.445 e. The highest BCUT2D eigenvalue weighted by Crippen LogP contribution is 2.17. The Balaban J connectivity index is 1.58. The first kappa shape index (κ1) is 32.3. The maximum absolute atomic E-state index is 13.4. The summed E-state index contributed by atoms with van der Waals surface area (Å²) < 4.78 is 10.5. The summed E-state index contributed by atoms with van der Waals surface area (Å²) in [6.07, 6.45) is -0.429. The number of pyridine rings is 1. The minimum Gasteiger partial charge on any atom is -0.445 e. The third-order valence-corrected chi connectivity index (χ3v) is 6.59. The molecule has 2 heterocycles. The molecule has 1 aliphatic rings. The average Bonchev–Trinajstić information content (AvgIpc) is 3.31. The van der Waals surface area contributed by atoms with Crippen molar-refractivity contribution in [2.24, 2.45) is 11.8 Å². The van der Waals surface area contributed by atoms with Crippen LogP contribution in [0.25, 0.3) is 0 Å². The molecule has 4 N–H and O–H groups in total. The van der Waals surface area contributed by atoms with Gasteiger partial charge in [0.05, 0.1) is 12.1 Å². The summed E-state index contributed by atoms with van der Waals surface area (Å²) >= 11 is 0. The molecule has 12 nitrogen and oxygen atoms in total. The molecule has 42 heavy (non-hydrogen) atoms. The Morgan fingerprint density at radius 1 is 0.905 bits per heavy atom. The van der Waals surface area contributed by atoms with Crippen molar-refractivity contribution in [3.05, 3.63) is 60.3 Å². The summed E-state index contributed by atoms with van der Waals surface area (Å²) in [5, 5.41) is 18.7. The van der Waals surface area contributed by atoms with Crippen LogP contribution in [0.5, 0.6) is 5.88 Å². The molecule has 4 atom stereocenters. The van der Waals surface area contributed by atoms with E-state index in [9.17, 15) is 24.3 Å². The summed E-state index contributed by atoms with van der Waals surface area (Å²) in [5.41, 5.74) is 0.812. The second-order valence-electron chi connectivity index (χ2n) is 11.2. The first-order valence-electron chi connectivity index (χ1n) is 14.2. The zero-order chi connectivity index (χ0) is 30.6. The Hall–Kier alpha value is -4.19. The fourth-order valence-electron chi connectivity index (χ4n) is 4.59. The summed E-state index contributed by atoms with van der Waals surface area (Å²) in [5.74, 6) is -0.649. The van der Waals surface area contributed by atoms with Crippen LogP contribution in [0, 0.1) is 11.8 Å². The van der Waals surface area contributed by atoms with Gasteiger partial charge in [0.1, 0.15) is 18.7 Å². The lowest BCUT2D eigenvalue weighted by molar-refractivity contribution is -0.133. The molecule has 0 spiro atoms. The number of rotatable bonds is 12. The number of aliphatic hydroxyl groups excluding tert-OH is 1. The van der Waals surface area contributed by atoms with Gasteiger partial charge in [-0.3, -0.25) is 9.59 Å². The fourth-order valence-corrected chi connectivity index (χ4v) is 4.59. The van der Waals surface area contributed by atoms with E-state index in [0.29, 0.717) is 12.8 Å². The van der Waals surface area contributed by atoms with Crippen LogP contribution in [0.2, 0.25) is 0 Å². The topological polar surface area (TPSA) is 159 Å². The van der Waals surface area contributed by atoms with E-state index < -0.39 is 48.2 Å². The van der Waals surface area contributed by atoms with Crippen molar-refractivity contribution in [2.75, 3.05) is 13.1 Å². The van der Waals surface area contributed by atoms with E-state index in [1.165, 1.54) is 17.2 Å². The van der Waals surface area contributed by atoms with Crippen LogP contribution in [0.1, 0.15) is 46.1 Å². The molecule has 1 aromatic carbocycles. The van der Waals surface area contributed by atoms with Crippen LogP contribution >= 0.6 is 0 Å². The van der Waals surface area contributed by atoms with Gasteiger partial charge in [-0.15, -0.1) is 0 Å². The van der Waals surface area contributed by atoms with Crippen LogP contribution in [0.4, 0.5) is 9.59 Å². The molecule has 12 heteroatoms. The normalized spacial score (nSPS) is 17.8. The van der Waals surface area contributed by atoms with Gasteiger partial charge in [-0.25, -0.2) is 14.6 Å². The van der Waals surface area contributed by atoms with Crippen LogP contribution in [-0.4, -0.2) is 76.3 Å². The number of likely N-dealkylation sites (tertiary alicyclic amines) is 1. The zero-order valence-corrected chi connectivity index (χ0v) is 24.5. The number of hydrogen-bond donors (Lipinski definition) is 4. The summed E-state index contributed by atoms with van der Waals surface area (Å²) in [6.45, 7) is 7.73. The number of carbonyl (C=O) groups is 4. The van der Waals surface area contributed by atoms with E-state index in [4.69, 9.17) is 9.47 Å². The van der Waals surface area contributed by atoms with Crippen molar-refractivity contribution in [2.45, 2.75) is 71.4 Å². The maximum atomic E-state index is 13.4. The van der Waals surface area contributed by atoms with Gasteiger partial charge in [0.2, 0.25) is 17.7 Å². The van der Waals surface area contributed by atoms with Crippen LogP contribution in [-0.2, 0) is 20.9 Å². The molecular weight excluding hydrogens is 542 g/mol. The van der Waals surface area contributed by atoms with Crippen LogP contribution in [0.15, 0.2) is 54.7 Å². The summed E-state index contributed by atoms with van der Waals surface area (Å²) in [6, 6.07) is 11.5. The lowest BCUT2D eigenvalue weighted by Crippen LogP contribution is -2.53.